The van der Waals surface area contributed by atoms with Gasteiger partial charge in [0.15, 0.2) is 5.82 Å². The Morgan fingerprint density at radius 2 is 1.83 bits per heavy atom. The Kier molecular flexibility index (Phi) is 9.11. The van der Waals surface area contributed by atoms with Crippen molar-refractivity contribution in [1.82, 2.24) is 15.3 Å². The van der Waals surface area contributed by atoms with Gasteiger partial charge < -0.3 is 15.8 Å². The molecule has 1 aliphatic rings. The number of aromatic nitrogens is 2. The van der Waals surface area contributed by atoms with E-state index in [1.54, 1.807) is 26.0 Å². The minimum atomic E-state index is -4.43. The van der Waals surface area contributed by atoms with Crippen molar-refractivity contribution in [3.63, 3.8) is 0 Å². The highest BCUT2D eigenvalue weighted by molar-refractivity contribution is 6.30. The zero-order valence-corrected chi connectivity index (χ0v) is 23.0. The summed E-state index contributed by atoms with van der Waals surface area (Å²) in [6, 6.07) is 15.3. The molecule has 216 valence electrons. The summed E-state index contributed by atoms with van der Waals surface area (Å²) in [5, 5.41) is 9.40. The summed E-state index contributed by atoms with van der Waals surface area (Å²) in [5.74, 6) is -2.00. The van der Waals surface area contributed by atoms with E-state index in [1.165, 1.54) is 5.01 Å². The lowest BCUT2D eigenvalue weighted by atomic mass is 9.90. The van der Waals surface area contributed by atoms with Crippen molar-refractivity contribution in [1.29, 1.82) is 0 Å². The highest BCUT2D eigenvalue weighted by Crippen LogP contribution is 2.33. The second-order valence-corrected chi connectivity index (χ2v) is 10.2. The number of anilines is 1. The van der Waals surface area contributed by atoms with Gasteiger partial charge in [0.25, 0.3) is 5.91 Å². The molecule has 1 aliphatic heterocycles. The number of nitrogens with zero attached hydrogens (tertiary/aromatic N) is 4. The van der Waals surface area contributed by atoms with Crippen LogP contribution in [0.15, 0.2) is 65.9 Å². The van der Waals surface area contributed by atoms with Gasteiger partial charge in [-0.3, -0.25) is 9.59 Å². The number of benzene rings is 2. The fourth-order valence-corrected chi connectivity index (χ4v) is 4.42. The number of carbonyl (C=O) groups is 2. The monoisotopic (exact) mass is 588 g/mol. The van der Waals surface area contributed by atoms with E-state index in [0.717, 1.165) is 17.3 Å². The minimum absolute atomic E-state index is 0.00335. The lowest BCUT2D eigenvalue weighted by molar-refractivity contribution is -0.139. The van der Waals surface area contributed by atoms with Crippen LogP contribution in [0.3, 0.4) is 0 Å². The van der Waals surface area contributed by atoms with Gasteiger partial charge in [-0.1, -0.05) is 67.9 Å². The van der Waals surface area contributed by atoms with Crippen LogP contribution in [-0.2, 0) is 4.79 Å². The number of alkyl halides is 3. The molecule has 0 radical (unpaired) electrons. The number of nitrogens with two attached hydrogens (primary N) is 1. The van der Waals surface area contributed by atoms with E-state index < -0.39 is 37.1 Å². The fraction of sp³-hybridized carbons (Fsp3) is 0.321. The average Bonchev–Trinajstić information content (AvgIpc) is 3.37. The van der Waals surface area contributed by atoms with Crippen LogP contribution in [-0.4, -0.2) is 52.9 Å². The van der Waals surface area contributed by atoms with E-state index in [-0.39, 0.29) is 35.8 Å². The number of rotatable bonds is 10. The zero-order valence-electron chi connectivity index (χ0n) is 22.2. The van der Waals surface area contributed by atoms with Crippen LogP contribution in [0.4, 0.5) is 19.0 Å². The summed E-state index contributed by atoms with van der Waals surface area (Å²) in [4.78, 5) is 33.5. The molecule has 1 aromatic heterocycles. The number of hydrogen-bond acceptors (Lipinski definition) is 7. The quantitative estimate of drug-likeness (QED) is 0.354. The Morgan fingerprint density at radius 3 is 2.44 bits per heavy atom. The van der Waals surface area contributed by atoms with Crippen molar-refractivity contribution >= 4 is 34.9 Å². The van der Waals surface area contributed by atoms with Gasteiger partial charge in [-0.2, -0.15) is 23.3 Å². The number of hydrogen-bond donors (Lipinski definition) is 2. The summed E-state index contributed by atoms with van der Waals surface area (Å²) < 4.78 is 43.3. The SMILES string of the molecule is CC(C)C(NC(=O)c1cnc(OCCC(F)(F)F)nc1N1C[C@H](c2ccccc2)C(c2ccc(Cl)cc2)=N1)C(N)=O. The molecule has 0 bridgehead atoms. The first-order chi connectivity index (χ1) is 19.4. The van der Waals surface area contributed by atoms with Crippen molar-refractivity contribution < 1.29 is 27.5 Å². The molecule has 3 aromatic rings. The summed E-state index contributed by atoms with van der Waals surface area (Å²) in [5.41, 5.74) is 7.80. The molecule has 0 saturated heterocycles. The maximum atomic E-state index is 13.4. The molecule has 2 amide bonds. The number of amides is 2. The van der Waals surface area contributed by atoms with Gasteiger partial charge in [0.05, 0.1) is 18.7 Å². The Balaban J connectivity index is 1.76. The van der Waals surface area contributed by atoms with E-state index in [4.69, 9.17) is 27.2 Å². The van der Waals surface area contributed by atoms with Crippen molar-refractivity contribution in [2.24, 2.45) is 16.8 Å². The molecule has 4 rings (SSSR count). The number of halogens is 4. The maximum Gasteiger partial charge on any atom is 0.392 e. The second kappa shape index (κ2) is 12.5. The third kappa shape index (κ3) is 7.51. The van der Waals surface area contributed by atoms with Crippen molar-refractivity contribution in [3.8, 4) is 6.01 Å². The third-order valence-electron chi connectivity index (χ3n) is 6.37. The van der Waals surface area contributed by atoms with Crippen molar-refractivity contribution in [3.05, 3.63) is 82.5 Å². The standard InChI is InChI=1S/C28H28ClF3N6O3/c1-16(2)22(24(33)39)35-26(40)20-14-34-27(41-13-12-28(30,31)32)36-25(20)38-15-21(17-6-4-3-5-7-17)23(37-38)18-8-10-19(29)11-9-18/h3-11,14,16,21-22H,12-13,15H2,1-2H3,(H2,33,39)(H,35,40)/t21-,22?/m1/s1. The van der Waals surface area contributed by atoms with E-state index in [1.807, 2.05) is 42.5 Å². The van der Waals surface area contributed by atoms with Gasteiger partial charge in [-0.15, -0.1) is 0 Å². The zero-order chi connectivity index (χ0) is 29.7. The smallest absolute Gasteiger partial charge is 0.392 e. The number of nitrogens with one attached hydrogen (secondary N) is 1. The molecular formula is C28H28ClF3N6O3. The maximum absolute atomic E-state index is 13.4. The first-order valence-electron chi connectivity index (χ1n) is 12.8. The summed E-state index contributed by atoms with van der Waals surface area (Å²) in [7, 11) is 0. The Bertz CT molecular complexity index is 1420. The van der Waals surface area contributed by atoms with Gasteiger partial charge in [0.1, 0.15) is 18.2 Å². The van der Waals surface area contributed by atoms with E-state index in [0.29, 0.717) is 10.7 Å². The fourth-order valence-electron chi connectivity index (χ4n) is 4.29. The molecule has 41 heavy (non-hydrogen) atoms. The van der Waals surface area contributed by atoms with Crippen molar-refractivity contribution in [2.75, 3.05) is 18.2 Å². The summed E-state index contributed by atoms with van der Waals surface area (Å²) >= 11 is 6.10. The predicted octanol–water partition coefficient (Wildman–Crippen LogP) is 4.71. The van der Waals surface area contributed by atoms with Crippen LogP contribution in [0.5, 0.6) is 6.01 Å². The summed E-state index contributed by atoms with van der Waals surface area (Å²) in [6.45, 7) is 2.97. The van der Waals surface area contributed by atoms with Gasteiger partial charge in [-0.25, -0.2) is 9.99 Å². The average molecular weight is 589 g/mol. The number of carbonyl (C=O) groups excluding carboxylic acids is 2. The minimum Gasteiger partial charge on any atom is -0.463 e. The van der Waals surface area contributed by atoms with Gasteiger partial charge in [0, 0.05) is 17.1 Å². The van der Waals surface area contributed by atoms with E-state index in [9.17, 15) is 22.8 Å². The van der Waals surface area contributed by atoms with Gasteiger partial charge in [-0.05, 0) is 29.2 Å². The number of ether oxygens (including phenoxy) is 1. The highest BCUT2D eigenvalue weighted by Gasteiger charge is 2.34. The van der Waals surface area contributed by atoms with Gasteiger partial charge >= 0.3 is 12.2 Å². The molecule has 0 aliphatic carbocycles. The number of hydrazone groups is 1. The van der Waals surface area contributed by atoms with Crippen LogP contribution < -0.4 is 20.8 Å². The molecule has 2 aromatic carbocycles. The Hall–Kier alpha value is -4.19. The molecule has 0 spiro atoms. The molecule has 0 fully saturated rings. The van der Waals surface area contributed by atoms with Crippen LogP contribution in [0.2, 0.25) is 5.02 Å². The van der Waals surface area contributed by atoms with Crippen molar-refractivity contribution in [2.45, 2.75) is 38.4 Å². The van der Waals surface area contributed by atoms with E-state index in [2.05, 4.69) is 15.3 Å². The lowest BCUT2D eigenvalue weighted by Crippen LogP contribution is -2.48. The molecule has 1 unspecified atom stereocenters. The lowest BCUT2D eigenvalue weighted by Gasteiger charge is -2.22. The molecule has 2 heterocycles. The molecule has 9 nitrogen and oxygen atoms in total. The van der Waals surface area contributed by atoms with Crippen LogP contribution in [0.1, 0.15) is 47.7 Å². The van der Waals surface area contributed by atoms with Crippen LogP contribution in [0.25, 0.3) is 0 Å². The second-order valence-electron chi connectivity index (χ2n) is 9.74. The Morgan fingerprint density at radius 1 is 1.15 bits per heavy atom. The first kappa shape index (κ1) is 29.8. The number of primary amides is 1. The largest absolute Gasteiger partial charge is 0.463 e. The normalized spacial score (nSPS) is 15.9. The van der Waals surface area contributed by atoms with Crippen LogP contribution >= 0.6 is 11.6 Å². The Labute approximate surface area is 239 Å². The van der Waals surface area contributed by atoms with E-state index >= 15 is 0 Å². The summed E-state index contributed by atoms with van der Waals surface area (Å²) in [6.07, 6.45) is -4.51. The molecule has 2 atom stereocenters. The van der Waals surface area contributed by atoms with Crippen LogP contribution in [0, 0.1) is 5.92 Å². The highest BCUT2D eigenvalue weighted by atomic mass is 35.5. The third-order valence-corrected chi connectivity index (χ3v) is 6.62. The predicted molar refractivity (Wildman–Crippen MR) is 148 cm³/mol. The molecule has 0 saturated carbocycles. The topological polar surface area (TPSA) is 123 Å². The van der Waals surface area contributed by atoms with Gasteiger partial charge in [0.2, 0.25) is 5.91 Å². The first-order valence-corrected chi connectivity index (χ1v) is 13.1. The molecular weight excluding hydrogens is 561 g/mol. The molecule has 13 heteroatoms. The molecule has 3 N–H and O–H groups in total.